The lowest BCUT2D eigenvalue weighted by Gasteiger charge is -2.18. The van der Waals surface area contributed by atoms with Gasteiger partial charge in [0, 0.05) is 36.6 Å². The third-order valence-electron chi connectivity index (χ3n) is 4.23. The molecule has 1 fully saturated rings. The van der Waals surface area contributed by atoms with Gasteiger partial charge in [-0.1, -0.05) is 18.2 Å². The quantitative estimate of drug-likeness (QED) is 0.883. The lowest BCUT2D eigenvalue weighted by molar-refractivity contribution is 0.251. The van der Waals surface area contributed by atoms with Crippen molar-refractivity contribution < 1.29 is 9.53 Å². The molecule has 1 aliphatic heterocycles. The zero-order chi connectivity index (χ0) is 16.8. The number of para-hydroxylation sites is 1. The van der Waals surface area contributed by atoms with Gasteiger partial charge in [-0.15, -0.1) is 0 Å². The number of rotatable bonds is 5. The van der Waals surface area contributed by atoms with E-state index < -0.39 is 0 Å². The summed E-state index contributed by atoms with van der Waals surface area (Å²) in [5.74, 6) is 0.771. The molecule has 2 amide bonds. The predicted molar refractivity (Wildman–Crippen MR) is 96.7 cm³/mol. The van der Waals surface area contributed by atoms with Crippen molar-refractivity contribution in [2.45, 2.75) is 19.4 Å². The summed E-state index contributed by atoms with van der Waals surface area (Å²) in [6.07, 6.45) is 2.51. The van der Waals surface area contributed by atoms with Crippen molar-refractivity contribution in [3.05, 3.63) is 54.1 Å². The molecule has 0 radical (unpaired) electrons. The number of carbonyl (C=O) groups excluding carboxylic acids is 1. The van der Waals surface area contributed by atoms with Gasteiger partial charge in [0.1, 0.15) is 5.75 Å². The highest BCUT2D eigenvalue weighted by Crippen LogP contribution is 2.22. The van der Waals surface area contributed by atoms with Gasteiger partial charge >= 0.3 is 6.03 Å². The molecule has 0 unspecified atom stereocenters. The molecule has 1 aliphatic rings. The number of anilines is 2. The Labute approximate surface area is 142 Å². The third-order valence-corrected chi connectivity index (χ3v) is 4.23. The minimum absolute atomic E-state index is 0.227. The summed E-state index contributed by atoms with van der Waals surface area (Å²) in [4.78, 5) is 14.4. The van der Waals surface area contributed by atoms with Crippen LogP contribution < -0.4 is 20.3 Å². The minimum atomic E-state index is -0.227. The second-order valence-corrected chi connectivity index (χ2v) is 5.86. The van der Waals surface area contributed by atoms with Crippen molar-refractivity contribution in [3.63, 3.8) is 0 Å². The smallest absolute Gasteiger partial charge is 0.319 e. The van der Waals surface area contributed by atoms with Crippen LogP contribution in [0.1, 0.15) is 18.4 Å². The predicted octanol–water partition coefficient (Wildman–Crippen LogP) is 3.62. The lowest BCUT2D eigenvalue weighted by atomic mass is 10.2. The summed E-state index contributed by atoms with van der Waals surface area (Å²) in [7, 11) is 1.63. The Morgan fingerprint density at radius 2 is 1.79 bits per heavy atom. The minimum Gasteiger partial charge on any atom is -0.496 e. The molecule has 126 valence electrons. The first-order valence-corrected chi connectivity index (χ1v) is 8.28. The zero-order valence-corrected chi connectivity index (χ0v) is 13.9. The van der Waals surface area contributed by atoms with Crippen LogP contribution in [0.25, 0.3) is 0 Å². The molecular formula is C19H23N3O2. The Morgan fingerprint density at radius 1 is 1.08 bits per heavy atom. The van der Waals surface area contributed by atoms with Crippen molar-refractivity contribution in [2.75, 3.05) is 30.4 Å². The van der Waals surface area contributed by atoms with E-state index >= 15 is 0 Å². The number of nitrogens with zero attached hydrogens (tertiary/aromatic N) is 1. The number of hydrogen-bond acceptors (Lipinski definition) is 3. The summed E-state index contributed by atoms with van der Waals surface area (Å²) < 4.78 is 5.28. The van der Waals surface area contributed by atoms with Crippen LogP contribution in [-0.2, 0) is 6.54 Å². The Bertz CT molecular complexity index is 679. The van der Waals surface area contributed by atoms with Gasteiger partial charge in [0.15, 0.2) is 0 Å². The normalized spacial score (nSPS) is 13.6. The molecule has 1 heterocycles. The maximum Gasteiger partial charge on any atom is 0.319 e. The molecule has 24 heavy (non-hydrogen) atoms. The Hall–Kier alpha value is -2.69. The fourth-order valence-corrected chi connectivity index (χ4v) is 2.93. The van der Waals surface area contributed by atoms with E-state index in [0.29, 0.717) is 6.54 Å². The first-order chi connectivity index (χ1) is 11.8. The van der Waals surface area contributed by atoms with Gasteiger partial charge in [-0.2, -0.15) is 0 Å². The van der Waals surface area contributed by atoms with Crippen LogP contribution in [0.5, 0.6) is 5.75 Å². The van der Waals surface area contributed by atoms with E-state index in [0.717, 1.165) is 30.1 Å². The molecule has 0 spiro atoms. The molecule has 2 N–H and O–H groups in total. The average molecular weight is 325 g/mol. The number of amides is 2. The van der Waals surface area contributed by atoms with Crippen LogP contribution in [0.4, 0.5) is 16.2 Å². The van der Waals surface area contributed by atoms with Crippen molar-refractivity contribution in [2.24, 2.45) is 0 Å². The van der Waals surface area contributed by atoms with E-state index in [2.05, 4.69) is 27.7 Å². The highest BCUT2D eigenvalue weighted by atomic mass is 16.5. The number of methoxy groups -OCH3 is 1. The second-order valence-electron chi connectivity index (χ2n) is 5.86. The molecule has 1 saturated heterocycles. The van der Waals surface area contributed by atoms with Gasteiger partial charge in [0.05, 0.1) is 7.11 Å². The summed E-state index contributed by atoms with van der Waals surface area (Å²) in [5.41, 5.74) is 2.95. The number of ether oxygens (including phenoxy) is 1. The summed E-state index contributed by atoms with van der Waals surface area (Å²) in [6.45, 7) is 2.65. The monoisotopic (exact) mass is 325 g/mol. The molecule has 2 aromatic rings. The maximum atomic E-state index is 12.1. The van der Waals surface area contributed by atoms with Crippen LogP contribution in [0.3, 0.4) is 0 Å². The Morgan fingerprint density at radius 3 is 2.50 bits per heavy atom. The summed E-state index contributed by atoms with van der Waals surface area (Å²) >= 11 is 0. The van der Waals surface area contributed by atoms with Crippen LogP contribution >= 0.6 is 0 Å². The molecule has 0 aromatic heterocycles. The number of carbonyl (C=O) groups is 1. The van der Waals surface area contributed by atoms with Gasteiger partial charge in [-0.25, -0.2) is 4.79 Å². The summed E-state index contributed by atoms with van der Waals surface area (Å²) in [5, 5.41) is 5.71. The molecular weight excluding hydrogens is 302 g/mol. The highest BCUT2D eigenvalue weighted by Gasteiger charge is 2.12. The SMILES string of the molecule is COc1ccccc1CNC(=O)Nc1ccc(N2CCCC2)cc1. The van der Waals surface area contributed by atoms with E-state index in [1.165, 1.54) is 18.5 Å². The number of benzene rings is 2. The van der Waals surface area contributed by atoms with E-state index in [1.807, 2.05) is 36.4 Å². The van der Waals surface area contributed by atoms with Crippen LogP contribution in [0, 0.1) is 0 Å². The number of hydrogen-bond donors (Lipinski definition) is 2. The third kappa shape index (κ3) is 3.98. The van der Waals surface area contributed by atoms with Crippen molar-refractivity contribution in [1.29, 1.82) is 0 Å². The van der Waals surface area contributed by atoms with Gasteiger partial charge in [0.2, 0.25) is 0 Å². The highest BCUT2D eigenvalue weighted by molar-refractivity contribution is 5.89. The maximum absolute atomic E-state index is 12.1. The lowest BCUT2D eigenvalue weighted by Crippen LogP contribution is -2.28. The first-order valence-electron chi connectivity index (χ1n) is 8.28. The van der Waals surface area contributed by atoms with Crippen LogP contribution in [0.15, 0.2) is 48.5 Å². The van der Waals surface area contributed by atoms with E-state index in [4.69, 9.17) is 4.74 Å². The van der Waals surface area contributed by atoms with Crippen molar-refractivity contribution >= 4 is 17.4 Å². The number of urea groups is 1. The Balaban J connectivity index is 1.53. The Kier molecular flexibility index (Phi) is 5.21. The topological polar surface area (TPSA) is 53.6 Å². The van der Waals surface area contributed by atoms with Gasteiger partial charge in [-0.3, -0.25) is 0 Å². The van der Waals surface area contributed by atoms with Gasteiger partial charge < -0.3 is 20.3 Å². The summed E-state index contributed by atoms with van der Waals surface area (Å²) in [6, 6.07) is 15.4. The molecule has 2 aromatic carbocycles. The zero-order valence-electron chi connectivity index (χ0n) is 13.9. The fraction of sp³-hybridized carbons (Fsp3) is 0.316. The van der Waals surface area contributed by atoms with Gasteiger partial charge in [0.25, 0.3) is 0 Å². The molecule has 5 nitrogen and oxygen atoms in total. The fourth-order valence-electron chi connectivity index (χ4n) is 2.93. The number of nitrogens with one attached hydrogen (secondary N) is 2. The van der Waals surface area contributed by atoms with Crippen LogP contribution in [0.2, 0.25) is 0 Å². The standard InChI is InChI=1S/C19H23N3O2/c1-24-18-7-3-2-6-15(18)14-20-19(23)21-16-8-10-17(11-9-16)22-12-4-5-13-22/h2-3,6-11H,4-5,12-14H2,1H3,(H2,20,21,23). The van der Waals surface area contributed by atoms with Crippen molar-refractivity contribution in [1.82, 2.24) is 5.32 Å². The molecule has 0 atom stereocenters. The largest absolute Gasteiger partial charge is 0.496 e. The molecule has 0 aliphatic carbocycles. The first kappa shape index (κ1) is 16.2. The van der Waals surface area contributed by atoms with E-state index in [9.17, 15) is 4.79 Å². The molecule has 0 saturated carbocycles. The molecule has 3 rings (SSSR count). The molecule has 0 bridgehead atoms. The van der Waals surface area contributed by atoms with Crippen LogP contribution in [-0.4, -0.2) is 26.2 Å². The van der Waals surface area contributed by atoms with Crippen molar-refractivity contribution in [3.8, 4) is 5.75 Å². The van der Waals surface area contributed by atoms with Gasteiger partial charge in [-0.05, 0) is 43.2 Å². The average Bonchev–Trinajstić information content (AvgIpc) is 3.15. The van der Waals surface area contributed by atoms with E-state index in [-0.39, 0.29) is 6.03 Å². The van der Waals surface area contributed by atoms with E-state index in [1.54, 1.807) is 7.11 Å². The second kappa shape index (κ2) is 7.73. The molecule has 5 heteroatoms.